The van der Waals surface area contributed by atoms with Crippen LogP contribution in [-0.2, 0) is 47.6 Å². The predicted octanol–water partition coefficient (Wildman–Crippen LogP) is -0.351. The summed E-state index contributed by atoms with van der Waals surface area (Å²) in [5.74, 6) is -2.66. The highest BCUT2D eigenvalue weighted by molar-refractivity contribution is 5.94. The third-order valence-corrected chi connectivity index (χ3v) is 4.52. The Bertz CT molecular complexity index is 586. The van der Waals surface area contributed by atoms with E-state index < -0.39 is 36.0 Å². The maximum absolute atomic E-state index is 12.5. The van der Waals surface area contributed by atoms with Gasteiger partial charge >= 0.3 is 11.9 Å². The van der Waals surface area contributed by atoms with E-state index in [1.54, 1.807) is 0 Å². The van der Waals surface area contributed by atoms with Gasteiger partial charge in [0.05, 0.1) is 26.4 Å². The highest BCUT2D eigenvalue weighted by atomic mass is 16.6. The zero-order chi connectivity index (χ0) is 25.9. The van der Waals surface area contributed by atoms with Crippen LogP contribution in [0.15, 0.2) is 12.2 Å². The zero-order valence-corrected chi connectivity index (χ0v) is 20.9. The van der Waals surface area contributed by atoms with Gasteiger partial charge in [0.1, 0.15) is 0 Å². The molecule has 0 aromatic rings. The second-order valence-corrected chi connectivity index (χ2v) is 7.11. The molecular formula is C22H38N2O10. The monoisotopic (exact) mass is 490 g/mol. The number of carbonyl (C=O) groups excluding carboxylic acids is 4. The van der Waals surface area contributed by atoms with E-state index in [9.17, 15) is 19.2 Å². The second kappa shape index (κ2) is 18.8. The van der Waals surface area contributed by atoms with Crippen LogP contribution in [0.5, 0.6) is 0 Å². The Balaban J connectivity index is 4.80. The Hall–Kier alpha value is -2.54. The standard InChI is InChI=1S/C22H38N2O10/c1-17(21(27)23(9-13-29-3)10-14-30-4)33-19(25)7-8-20(26)34-18(2)22(28)24(11-15-31-5)12-16-32-6/h7-8,17-18H,9-16H2,1-6H3/b8-7+/t17-,18-/m0/s1. The normalized spacial score (nSPS) is 12.8. The van der Waals surface area contributed by atoms with Gasteiger partial charge in [-0.15, -0.1) is 0 Å². The first-order valence-corrected chi connectivity index (χ1v) is 10.8. The molecule has 0 heterocycles. The van der Waals surface area contributed by atoms with Crippen molar-refractivity contribution in [3.63, 3.8) is 0 Å². The first-order valence-electron chi connectivity index (χ1n) is 10.8. The van der Waals surface area contributed by atoms with Gasteiger partial charge in [0.2, 0.25) is 0 Å². The van der Waals surface area contributed by atoms with Crippen LogP contribution in [0.25, 0.3) is 0 Å². The van der Waals surface area contributed by atoms with Crippen molar-refractivity contribution in [3.05, 3.63) is 12.2 Å². The molecular weight excluding hydrogens is 452 g/mol. The van der Waals surface area contributed by atoms with E-state index in [0.29, 0.717) is 52.6 Å². The Morgan fingerprint density at radius 3 is 1.09 bits per heavy atom. The molecule has 0 aliphatic heterocycles. The van der Waals surface area contributed by atoms with Crippen molar-refractivity contribution in [3.8, 4) is 0 Å². The number of esters is 2. The summed E-state index contributed by atoms with van der Waals surface area (Å²) >= 11 is 0. The predicted molar refractivity (Wildman–Crippen MR) is 121 cm³/mol. The molecule has 0 aromatic carbocycles. The molecule has 2 atom stereocenters. The summed E-state index contributed by atoms with van der Waals surface area (Å²) in [6.45, 7) is 5.32. The molecule has 0 aliphatic carbocycles. The van der Waals surface area contributed by atoms with E-state index in [2.05, 4.69) is 0 Å². The maximum atomic E-state index is 12.5. The van der Waals surface area contributed by atoms with Crippen molar-refractivity contribution >= 4 is 23.8 Å². The fraction of sp³-hybridized carbons (Fsp3) is 0.727. The molecule has 0 saturated heterocycles. The van der Waals surface area contributed by atoms with Gasteiger partial charge in [-0.25, -0.2) is 9.59 Å². The fourth-order valence-corrected chi connectivity index (χ4v) is 2.65. The van der Waals surface area contributed by atoms with Crippen molar-refractivity contribution in [2.24, 2.45) is 0 Å². The molecule has 196 valence electrons. The molecule has 0 N–H and O–H groups in total. The number of rotatable bonds is 18. The number of nitrogens with zero attached hydrogens (tertiary/aromatic N) is 2. The van der Waals surface area contributed by atoms with Crippen LogP contribution in [0.1, 0.15) is 13.8 Å². The number of ether oxygens (including phenoxy) is 6. The van der Waals surface area contributed by atoms with Crippen LogP contribution in [0.4, 0.5) is 0 Å². The van der Waals surface area contributed by atoms with E-state index in [-0.39, 0.29) is 0 Å². The van der Waals surface area contributed by atoms with Crippen molar-refractivity contribution in [2.75, 3.05) is 81.0 Å². The molecule has 0 aliphatic rings. The molecule has 2 amide bonds. The highest BCUT2D eigenvalue weighted by Gasteiger charge is 2.24. The summed E-state index contributed by atoms with van der Waals surface area (Å²) in [7, 11) is 6.05. The summed E-state index contributed by atoms with van der Waals surface area (Å²) in [5.41, 5.74) is 0. The Labute approximate surface area is 201 Å². The topological polar surface area (TPSA) is 130 Å². The average Bonchev–Trinajstić information content (AvgIpc) is 2.82. The van der Waals surface area contributed by atoms with Gasteiger partial charge in [-0.05, 0) is 13.8 Å². The lowest BCUT2D eigenvalue weighted by Crippen LogP contribution is -2.43. The molecule has 0 saturated carbocycles. The summed E-state index contributed by atoms with van der Waals surface area (Å²) < 4.78 is 30.1. The van der Waals surface area contributed by atoms with E-state index in [1.807, 2.05) is 0 Å². The van der Waals surface area contributed by atoms with Crippen LogP contribution in [0.2, 0.25) is 0 Å². The average molecular weight is 491 g/mol. The Kier molecular flexibility index (Phi) is 17.4. The van der Waals surface area contributed by atoms with Gasteiger partial charge in [0, 0.05) is 66.8 Å². The molecule has 0 spiro atoms. The number of methoxy groups -OCH3 is 4. The van der Waals surface area contributed by atoms with E-state index in [4.69, 9.17) is 28.4 Å². The largest absolute Gasteiger partial charge is 0.449 e. The molecule has 0 radical (unpaired) electrons. The van der Waals surface area contributed by atoms with Crippen LogP contribution >= 0.6 is 0 Å². The number of carbonyl (C=O) groups is 4. The molecule has 12 nitrogen and oxygen atoms in total. The lowest BCUT2D eigenvalue weighted by atomic mass is 10.3. The molecule has 0 unspecified atom stereocenters. The van der Waals surface area contributed by atoms with Gasteiger partial charge in [0.25, 0.3) is 11.8 Å². The molecule has 0 aromatic heterocycles. The summed E-state index contributed by atoms with van der Waals surface area (Å²) in [6.07, 6.45) is -0.494. The van der Waals surface area contributed by atoms with Gasteiger partial charge in [-0.2, -0.15) is 0 Å². The molecule has 0 bridgehead atoms. The molecule has 0 rings (SSSR count). The summed E-state index contributed by atoms with van der Waals surface area (Å²) in [5, 5.41) is 0. The number of hydrogen-bond donors (Lipinski definition) is 0. The minimum absolute atomic E-state index is 0.306. The quantitative estimate of drug-likeness (QED) is 0.186. The lowest BCUT2D eigenvalue weighted by molar-refractivity contribution is -0.157. The maximum Gasteiger partial charge on any atom is 0.331 e. The lowest BCUT2D eigenvalue weighted by Gasteiger charge is -2.25. The smallest absolute Gasteiger partial charge is 0.331 e. The second-order valence-electron chi connectivity index (χ2n) is 7.11. The molecule has 34 heavy (non-hydrogen) atoms. The third kappa shape index (κ3) is 13.2. The van der Waals surface area contributed by atoms with Gasteiger partial charge in [0.15, 0.2) is 12.2 Å². The minimum Gasteiger partial charge on any atom is -0.449 e. The van der Waals surface area contributed by atoms with Crippen LogP contribution in [-0.4, -0.2) is 127 Å². The van der Waals surface area contributed by atoms with Crippen molar-refractivity contribution in [1.82, 2.24) is 9.80 Å². The van der Waals surface area contributed by atoms with E-state index >= 15 is 0 Å². The van der Waals surface area contributed by atoms with E-state index in [0.717, 1.165) is 12.2 Å². The first kappa shape index (κ1) is 31.5. The Morgan fingerprint density at radius 2 is 0.853 bits per heavy atom. The summed E-state index contributed by atoms with van der Waals surface area (Å²) in [4.78, 5) is 52.0. The highest BCUT2D eigenvalue weighted by Crippen LogP contribution is 2.04. The van der Waals surface area contributed by atoms with Crippen LogP contribution in [0.3, 0.4) is 0 Å². The summed E-state index contributed by atoms with van der Waals surface area (Å²) in [6, 6.07) is 0. The van der Waals surface area contributed by atoms with E-state index in [1.165, 1.54) is 52.1 Å². The first-order chi connectivity index (χ1) is 16.2. The van der Waals surface area contributed by atoms with Gasteiger partial charge in [-0.1, -0.05) is 0 Å². The van der Waals surface area contributed by atoms with Gasteiger partial charge < -0.3 is 38.2 Å². The zero-order valence-electron chi connectivity index (χ0n) is 20.9. The molecule has 0 fully saturated rings. The SMILES string of the molecule is COCCN(CCOC)C(=O)[C@H](C)OC(=O)/C=C/C(=O)O[C@@H](C)C(=O)N(CCOC)CCOC. The van der Waals surface area contributed by atoms with Crippen molar-refractivity contribution < 1.29 is 47.6 Å². The van der Waals surface area contributed by atoms with Crippen LogP contribution in [0, 0.1) is 0 Å². The van der Waals surface area contributed by atoms with Crippen LogP contribution < -0.4 is 0 Å². The number of hydrogen-bond acceptors (Lipinski definition) is 10. The Morgan fingerprint density at radius 1 is 0.588 bits per heavy atom. The fourth-order valence-electron chi connectivity index (χ4n) is 2.65. The minimum atomic E-state index is -1.09. The van der Waals surface area contributed by atoms with Gasteiger partial charge in [-0.3, -0.25) is 9.59 Å². The van der Waals surface area contributed by atoms with Crippen molar-refractivity contribution in [1.29, 1.82) is 0 Å². The number of amides is 2. The third-order valence-electron chi connectivity index (χ3n) is 4.52. The van der Waals surface area contributed by atoms with Crippen molar-refractivity contribution in [2.45, 2.75) is 26.1 Å². The molecule has 12 heteroatoms.